The number of hydrogen-bond acceptors (Lipinski definition) is 4. The number of hydrogen-bond donors (Lipinski definition) is 4. The lowest BCUT2D eigenvalue weighted by molar-refractivity contribution is 0.121. The van der Waals surface area contributed by atoms with Gasteiger partial charge in [-0.25, -0.2) is 0 Å². The van der Waals surface area contributed by atoms with Crippen molar-refractivity contribution >= 4 is 22.1 Å². The number of fused-ring (bicyclic) bond motifs is 10. The third-order valence-corrected chi connectivity index (χ3v) is 5.52. The van der Waals surface area contributed by atoms with Crippen LogP contribution in [0.4, 0.5) is 0 Å². The van der Waals surface area contributed by atoms with Crippen LogP contribution in [0.3, 0.4) is 0 Å². The molecule has 0 spiro atoms. The average Bonchev–Trinajstić information content (AvgIpc) is 3.10. The summed E-state index contributed by atoms with van der Waals surface area (Å²) in [6.07, 6.45) is -1.52. The first-order valence-electron chi connectivity index (χ1n) is 9.36. The molecule has 4 aromatic rings. The van der Waals surface area contributed by atoms with E-state index in [2.05, 4.69) is 0 Å². The number of aliphatic hydroxyl groups is 2. The van der Waals surface area contributed by atoms with Crippen molar-refractivity contribution in [2.24, 2.45) is 0 Å². The Kier molecular flexibility index (Phi) is 3.78. The summed E-state index contributed by atoms with van der Waals surface area (Å²) >= 11 is 0. The molecule has 0 radical (unpaired) electrons. The molecule has 0 aliphatic carbocycles. The monoisotopic (exact) mass is 378 g/mol. The van der Waals surface area contributed by atoms with Crippen LogP contribution >= 0.6 is 0 Å². The molecule has 0 saturated heterocycles. The fraction of sp³-hybridized carbons (Fsp3) is 0.300. The fourth-order valence-corrected chi connectivity index (χ4v) is 4.29. The summed E-state index contributed by atoms with van der Waals surface area (Å²) < 4.78 is 7.10. The maximum absolute atomic E-state index is 10.8. The van der Waals surface area contributed by atoms with Crippen LogP contribution in [0.2, 0.25) is 0 Å². The summed E-state index contributed by atoms with van der Waals surface area (Å²) in [6.45, 7) is 0.978. The van der Waals surface area contributed by atoms with Crippen molar-refractivity contribution in [2.45, 2.75) is 38.4 Å². The summed E-state index contributed by atoms with van der Waals surface area (Å²) in [5.41, 5.74) is 3.93. The number of aromatic nitrogens is 4. The van der Waals surface area contributed by atoms with Crippen molar-refractivity contribution < 1.29 is 10.2 Å². The highest BCUT2D eigenvalue weighted by Gasteiger charge is 2.21. The van der Waals surface area contributed by atoms with Gasteiger partial charge in [0.15, 0.2) is 0 Å². The standard InChI is InChI=1S/C20H22N6O2/c21-19-23-9-13(27)11-25-17-7-3-4-8-18(17)26(20(25)22)12-14(28)10-24(19)16-6-2-1-5-15(16)23/h1-8,13-14,21-22,27-28H,9-12H2. The van der Waals surface area contributed by atoms with Gasteiger partial charge < -0.3 is 28.5 Å². The second kappa shape index (κ2) is 6.22. The van der Waals surface area contributed by atoms with Crippen LogP contribution in [0.5, 0.6) is 0 Å². The van der Waals surface area contributed by atoms with Crippen molar-refractivity contribution in [3.63, 3.8) is 0 Å². The van der Waals surface area contributed by atoms with Crippen LogP contribution < -0.4 is 11.2 Å². The van der Waals surface area contributed by atoms with Gasteiger partial charge in [0.25, 0.3) is 0 Å². The molecule has 8 nitrogen and oxygen atoms in total. The molecule has 1 aliphatic rings. The molecular weight excluding hydrogens is 356 g/mol. The number of aliphatic hydroxyl groups excluding tert-OH is 2. The lowest BCUT2D eigenvalue weighted by Gasteiger charge is -2.16. The van der Waals surface area contributed by atoms with Gasteiger partial charge in [-0.2, -0.15) is 0 Å². The van der Waals surface area contributed by atoms with E-state index in [1.165, 1.54) is 0 Å². The maximum Gasteiger partial charge on any atom is 0.203 e. The van der Waals surface area contributed by atoms with E-state index in [1.807, 2.05) is 48.5 Å². The molecule has 28 heavy (non-hydrogen) atoms. The SMILES string of the molecule is N=c1n2c3ccccc3n1CC(O)Cn1c(=N)n(c3ccccc31)CC(O)C2. The van der Waals surface area contributed by atoms with Crippen LogP contribution in [-0.4, -0.2) is 40.7 Å². The largest absolute Gasteiger partial charge is 0.389 e. The van der Waals surface area contributed by atoms with Crippen LogP contribution in [0.1, 0.15) is 0 Å². The molecule has 0 amide bonds. The van der Waals surface area contributed by atoms with Gasteiger partial charge in [-0.1, -0.05) is 24.3 Å². The second-order valence-corrected chi connectivity index (χ2v) is 7.37. The molecule has 5 rings (SSSR count). The van der Waals surface area contributed by atoms with Crippen molar-refractivity contribution in [1.29, 1.82) is 10.8 Å². The Morgan fingerprint density at radius 3 is 1.07 bits per heavy atom. The molecular formula is C20H22N6O2. The lowest BCUT2D eigenvalue weighted by atomic mass is 10.2. The molecule has 0 fully saturated rings. The smallest absolute Gasteiger partial charge is 0.203 e. The third-order valence-electron chi connectivity index (χ3n) is 5.52. The number of nitrogens with zero attached hydrogens (tertiary/aromatic N) is 4. The molecule has 3 heterocycles. The average molecular weight is 378 g/mol. The Morgan fingerprint density at radius 2 is 0.821 bits per heavy atom. The van der Waals surface area contributed by atoms with Crippen molar-refractivity contribution in [3.05, 3.63) is 59.8 Å². The van der Waals surface area contributed by atoms with Gasteiger partial charge in [-0.15, -0.1) is 0 Å². The minimum absolute atomic E-state index is 0.244. The Bertz CT molecular complexity index is 1110. The maximum atomic E-state index is 10.8. The molecule has 2 aromatic carbocycles. The Labute approximate surface area is 160 Å². The molecule has 2 aromatic heterocycles. The number of benzene rings is 2. The van der Waals surface area contributed by atoms with Gasteiger partial charge in [-0.05, 0) is 24.3 Å². The molecule has 1 aliphatic heterocycles. The Hall–Kier alpha value is -3.10. The Balaban J connectivity index is 1.73. The topological polar surface area (TPSA) is 108 Å². The minimum atomic E-state index is -0.758. The van der Waals surface area contributed by atoms with Gasteiger partial charge >= 0.3 is 0 Å². The normalized spacial score (nSPS) is 20.2. The molecule has 0 atom stereocenters. The molecule has 0 unspecified atom stereocenters. The molecule has 8 heteroatoms. The molecule has 4 N–H and O–H groups in total. The van der Waals surface area contributed by atoms with E-state index >= 15 is 0 Å². The van der Waals surface area contributed by atoms with Gasteiger partial charge in [-0.3, -0.25) is 10.8 Å². The number of imidazole rings is 2. The fourth-order valence-electron chi connectivity index (χ4n) is 4.29. The lowest BCUT2D eigenvalue weighted by Crippen LogP contribution is -2.38. The third kappa shape index (κ3) is 2.45. The van der Waals surface area contributed by atoms with E-state index in [-0.39, 0.29) is 37.4 Å². The quantitative estimate of drug-likeness (QED) is 0.359. The van der Waals surface area contributed by atoms with Gasteiger partial charge in [0.1, 0.15) is 0 Å². The summed E-state index contributed by atoms with van der Waals surface area (Å²) in [4.78, 5) is 0. The summed E-state index contributed by atoms with van der Waals surface area (Å²) in [7, 11) is 0. The van der Waals surface area contributed by atoms with Gasteiger partial charge in [0.2, 0.25) is 11.2 Å². The highest BCUT2D eigenvalue weighted by atomic mass is 16.3. The van der Waals surface area contributed by atoms with Crippen LogP contribution in [0.25, 0.3) is 22.1 Å². The van der Waals surface area contributed by atoms with Crippen LogP contribution in [0.15, 0.2) is 48.5 Å². The van der Waals surface area contributed by atoms with Gasteiger partial charge in [0.05, 0.1) is 60.5 Å². The molecule has 144 valence electrons. The highest BCUT2D eigenvalue weighted by molar-refractivity contribution is 5.76. The van der Waals surface area contributed by atoms with E-state index in [9.17, 15) is 10.2 Å². The predicted molar refractivity (Wildman–Crippen MR) is 104 cm³/mol. The zero-order chi connectivity index (χ0) is 19.4. The summed E-state index contributed by atoms with van der Waals surface area (Å²) in [5, 5.41) is 38.8. The van der Waals surface area contributed by atoms with E-state index < -0.39 is 12.2 Å². The summed E-state index contributed by atoms with van der Waals surface area (Å²) in [5.74, 6) is 0. The van der Waals surface area contributed by atoms with E-state index in [4.69, 9.17) is 10.8 Å². The zero-order valence-electron chi connectivity index (χ0n) is 15.3. The van der Waals surface area contributed by atoms with E-state index in [0.29, 0.717) is 0 Å². The number of para-hydroxylation sites is 4. The molecule has 0 saturated carbocycles. The van der Waals surface area contributed by atoms with E-state index in [1.54, 1.807) is 18.3 Å². The predicted octanol–water partition coefficient (Wildman–Crippen LogP) is 0.594. The first kappa shape index (κ1) is 17.0. The number of nitrogens with one attached hydrogen (secondary N) is 2. The van der Waals surface area contributed by atoms with Crippen molar-refractivity contribution in [3.8, 4) is 0 Å². The van der Waals surface area contributed by atoms with Crippen molar-refractivity contribution in [1.82, 2.24) is 18.3 Å². The van der Waals surface area contributed by atoms with Crippen LogP contribution in [-0.2, 0) is 26.2 Å². The Morgan fingerprint density at radius 1 is 0.571 bits per heavy atom. The highest BCUT2D eigenvalue weighted by Crippen LogP contribution is 2.18. The van der Waals surface area contributed by atoms with Crippen molar-refractivity contribution in [2.75, 3.05) is 0 Å². The second-order valence-electron chi connectivity index (χ2n) is 7.37. The zero-order valence-corrected chi connectivity index (χ0v) is 15.3. The van der Waals surface area contributed by atoms with E-state index in [0.717, 1.165) is 22.1 Å². The first-order valence-corrected chi connectivity index (χ1v) is 9.36. The molecule has 4 bridgehead atoms. The summed E-state index contributed by atoms with van der Waals surface area (Å²) in [6, 6.07) is 15.3. The first-order chi connectivity index (χ1) is 13.5. The number of rotatable bonds is 0. The van der Waals surface area contributed by atoms with Gasteiger partial charge in [0, 0.05) is 0 Å². The minimum Gasteiger partial charge on any atom is -0.389 e. The van der Waals surface area contributed by atoms with Crippen LogP contribution in [0, 0.1) is 10.8 Å².